The van der Waals surface area contributed by atoms with Gasteiger partial charge in [-0.3, -0.25) is 9.69 Å². The number of aryl methyl sites for hydroxylation is 1. The highest BCUT2D eigenvalue weighted by Gasteiger charge is 2.29. The maximum absolute atomic E-state index is 13.3. The topological polar surface area (TPSA) is 60.9 Å². The molecule has 178 valence electrons. The molecule has 0 aromatic heterocycles. The Balaban J connectivity index is 1.42. The van der Waals surface area contributed by atoms with Gasteiger partial charge in [0.2, 0.25) is 10.0 Å². The van der Waals surface area contributed by atoms with Crippen LogP contribution in [-0.2, 0) is 23.1 Å². The minimum atomic E-state index is -3.67. The summed E-state index contributed by atoms with van der Waals surface area (Å²) in [6, 6.07) is 24.5. The average molecular weight is 478 g/mol. The van der Waals surface area contributed by atoms with Gasteiger partial charge in [-0.05, 0) is 41.8 Å². The molecule has 0 atom stereocenters. The van der Waals surface area contributed by atoms with E-state index in [9.17, 15) is 13.2 Å². The number of hydrogen-bond donors (Lipinski definition) is 0. The van der Waals surface area contributed by atoms with Crippen LogP contribution in [0, 0.1) is 6.92 Å². The number of piperazine rings is 1. The van der Waals surface area contributed by atoms with Crippen molar-refractivity contribution in [2.24, 2.45) is 0 Å². The van der Waals surface area contributed by atoms with Crippen molar-refractivity contribution >= 4 is 15.9 Å². The Bertz CT molecular complexity index is 1240. The van der Waals surface area contributed by atoms with Crippen LogP contribution in [-0.4, -0.2) is 61.7 Å². The van der Waals surface area contributed by atoms with Crippen LogP contribution < -0.4 is 0 Å². The lowest BCUT2D eigenvalue weighted by Crippen LogP contribution is -2.48. The van der Waals surface area contributed by atoms with Crippen molar-refractivity contribution < 1.29 is 13.2 Å². The van der Waals surface area contributed by atoms with E-state index in [1.165, 1.54) is 15.9 Å². The quantitative estimate of drug-likeness (QED) is 0.520. The average Bonchev–Trinajstić information content (AvgIpc) is 2.86. The summed E-state index contributed by atoms with van der Waals surface area (Å²) in [6.45, 7) is 5.50. The van der Waals surface area contributed by atoms with Crippen LogP contribution in [0.15, 0.2) is 83.8 Å². The molecule has 0 radical (unpaired) electrons. The second-order valence-corrected chi connectivity index (χ2v) is 10.7. The number of rotatable bonds is 7. The Labute approximate surface area is 202 Å². The van der Waals surface area contributed by atoms with Gasteiger partial charge >= 0.3 is 0 Å². The maximum Gasteiger partial charge on any atom is 0.253 e. The fourth-order valence-corrected chi connectivity index (χ4v) is 5.71. The fraction of sp³-hybridized carbons (Fsp3) is 0.296. The molecule has 0 spiro atoms. The lowest BCUT2D eigenvalue weighted by atomic mass is 10.1. The van der Waals surface area contributed by atoms with Gasteiger partial charge in [-0.1, -0.05) is 60.7 Å². The first-order chi connectivity index (χ1) is 16.3. The summed E-state index contributed by atoms with van der Waals surface area (Å²) in [4.78, 5) is 17.1. The van der Waals surface area contributed by atoms with E-state index >= 15 is 0 Å². The van der Waals surface area contributed by atoms with Crippen molar-refractivity contribution in [1.29, 1.82) is 0 Å². The molecule has 1 saturated heterocycles. The van der Waals surface area contributed by atoms with E-state index in [1.807, 2.05) is 49.4 Å². The van der Waals surface area contributed by atoms with E-state index in [2.05, 4.69) is 17.0 Å². The molecule has 3 aromatic rings. The third-order valence-electron chi connectivity index (χ3n) is 6.31. The Hall–Kier alpha value is -3.00. The van der Waals surface area contributed by atoms with Gasteiger partial charge in [-0.25, -0.2) is 8.42 Å². The van der Waals surface area contributed by atoms with E-state index in [0.29, 0.717) is 38.3 Å². The van der Waals surface area contributed by atoms with Crippen LogP contribution in [0.2, 0.25) is 0 Å². The first kappa shape index (κ1) is 24.1. The number of benzene rings is 3. The van der Waals surface area contributed by atoms with E-state index in [1.54, 1.807) is 30.1 Å². The summed E-state index contributed by atoms with van der Waals surface area (Å²) < 4.78 is 28.2. The Kier molecular flexibility index (Phi) is 7.46. The smallest absolute Gasteiger partial charge is 0.253 e. The summed E-state index contributed by atoms with van der Waals surface area (Å²) in [5.41, 5.74) is 3.78. The summed E-state index contributed by atoms with van der Waals surface area (Å²) in [5.74, 6) is -0.201. The number of carbonyl (C=O) groups excluding carboxylic acids is 1. The minimum Gasteiger partial charge on any atom is -0.337 e. The number of sulfonamides is 1. The van der Waals surface area contributed by atoms with Gasteiger partial charge in [0.1, 0.15) is 0 Å². The van der Waals surface area contributed by atoms with Crippen LogP contribution in [0.25, 0.3) is 0 Å². The Morgan fingerprint density at radius 2 is 1.56 bits per heavy atom. The maximum atomic E-state index is 13.3. The molecule has 0 bridgehead atoms. The first-order valence-corrected chi connectivity index (χ1v) is 12.9. The van der Waals surface area contributed by atoms with E-state index < -0.39 is 10.0 Å². The highest BCUT2D eigenvalue weighted by molar-refractivity contribution is 7.89. The van der Waals surface area contributed by atoms with Crippen LogP contribution in [0.3, 0.4) is 0 Å². The minimum absolute atomic E-state index is 0.166. The van der Waals surface area contributed by atoms with Gasteiger partial charge in [-0.15, -0.1) is 0 Å². The van der Waals surface area contributed by atoms with Crippen LogP contribution in [0.4, 0.5) is 0 Å². The molecule has 3 aromatic carbocycles. The van der Waals surface area contributed by atoms with Crippen molar-refractivity contribution in [2.45, 2.75) is 24.9 Å². The molecular weight excluding hydrogens is 446 g/mol. The molecule has 1 fully saturated rings. The first-order valence-electron chi connectivity index (χ1n) is 11.5. The molecule has 1 aliphatic rings. The Morgan fingerprint density at radius 3 is 2.26 bits per heavy atom. The molecule has 0 N–H and O–H groups in total. The van der Waals surface area contributed by atoms with Gasteiger partial charge in [0, 0.05) is 51.9 Å². The van der Waals surface area contributed by atoms with Gasteiger partial charge in [0.05, 0.1) is 4.90 Å². The second kappa shape index (κ2) is 10.5. The van der Waals surface area contributed by atoms with Crippen molar-refractivity contribution in [3.05, 3.63) is 101 Å². The fourth-order valence-electron chi connectivity index (χ4n) is 4.24. The molecule has 1 amide bonds. The molecule has 0 saturated carbocycles. The Morgan fingerprint density at radius 1 is 0.882 bits per heavy atom. The largest absolute Gasteiger partial charge is 0.337 e. The zero-order valence-corrected chi connectivity index (χ0v) is 20.5. The molecule has 0 unspecified atom stereocenters. The predicted octanol–water partition coefficient (Wildman–Crippen LogP) is 3.77. The highest BCUT2D eigenvalue weighted by atomic mass is 32.2. The molecular formula is C27H31N3O3S. The number of nitrogens with zero attached hydrogens (tertiary/aromatic N) is 3. The number of carbonyl (C=O) groups is 1. The summed E-state index contributed by atoms with van der Waals surface area (Å²) >= 11 is 0. The predicted molar refractivity (Wildman–Crippen MR) is 134 cm³/mol. The van der Waals surface area contributed by atoms with E-state index in [-0.39, 0.29) is 10.8 Å². The molecule has 0 aliphatic carbocycles. The summed E-state index contributed by atoms with van der Waals surface area (Å²) in [5, 5.41) is 0. The lowest BCUT2D eigenvalue weighted by molar-refractivity contribution is 0.0784. The van der Waals surface area contributed by atoms with Crippen molar-refractivity contribution in [1.82, 2.24) is 14.1 Å². The van der Waals surface area contributed by atoms with Gasteiger partial charge in [0.25, 0.3) is 5.91 Å². The van der Waals surface area contributed by atoms with Crippen molar-refractivity contribution in [2.75, 3.05) is 33.2 Å². The summed E-state index contributed by atoms with van der Waals surface area (Å²) in [6.07, 6.45) is 0. The standard InChI is InChI=1S/C27H31N3O3S/c1-22-9-6-7-12-25(22)21-28(2)27(31)24-13-8-14-26(19-24)34(32,33)30-17-15-29(16-18-30)20-23-10-4-3-5-11-23/h3-14,19H,15-18,20-21H2,1-2H3. The third-order valence-corrected chi connectivity index (χ3v) is 8.21. The summed E-state index contributed by atoms with van der Waals surface area (Å²) in [7, 11) is -1.93. The zero-order chi connectivity index (χ0) is 24.1. The number of hydrogen-bond acceptors (Lipinski definition) is 4. The monoisotopic (exact) mass is 477 g/mol. The molecule has 34 heavy (non-hydrogen) atoms. The lowest BCUT2D eigenvalue weighted by Gasteiger charge is -2.34. The van der Waals surface area contributed by atoms with Crippen LogP contribution >= 0.6 is 0 Å². The van der Waals surface area contributed by atoms with E-state index in [0.717, 1.165) is 17.7 Å². The van der Waals surface area contributed by atoms with Gasteiger partial charge in [0.15, 0.2) is 0 Å². The number of amides is 1. The van der Waals surface area contributed by atoms with Crippen molar-refractivity contribution in [3.8, 4) is 0 Å². The normalized spacial score (nSPS) is 15.2. The third kappa shape index (κ3) is 5.55. The highest BCUT2D eigenvalue weighted by Crippen LogP contribution is 2.21. The molecule has 4 rings (SSSR count). The van der Waals surface area contributed by atoms with Gasteiger partial charge < -0.3 is 4.90 Å². The van der Waals surface area contributed by atoms with Gasteiger partial charge in [-0.2, -0.15) is 4.31 Å². The molecule has 6 nitrogen and oxygen atoms in total. The zero-order valence-electron chi connectivity index (χ0n) is 19.7. The van der Waals surface area contributed by atoms with Crippen molar-refractivity contribution in [3.63, 3.8) is 0 Å². The molecule has 1 aliphatic heterocycles. The van der Waals surface area contributed by atoms with Crippen LogP contribution in [0.1, 0.15) is 27.0 Å². The SMILES string of the molecule is Cc1ccccc1CN(C)C(=O)c1cccc(S(=O)(=O)N2CCN(Cc3ccccc3)CC2)c1. The second-order valence-electron chi connectivity index (χ2n) is 8.78. The molecule has 7 heteroatoms. The van der Waals surface area contributed by atoms with E-state index in [4.69, 9.17) is 0 Å². The van der Waals surface area contributed by atoms with Crippen LogP contribution in [0.5, 0.6) is 0 Å². The molecule has 1 heterocycles.